The van der Waals surface area contributed by atoms with Crippen molar-refractivity contribution in [3.8, 4) is 10.6 Å². The molecular formula is C18H20N2O6S2. The molecule has 0 N–H and O–H groups in total. The predicted molar refractivity (Wildman–Crippen MR) is 103 cm³/mol. The molecule has 0 radical (unpaired) electrons. The van der Waals surface area contributed by atoms with Crippen molar-refractivity contribution in [3.63, 3.8) is 0 Å². The van der Waals surface area contributed by atoms with Crippen molar-refractivity contribution in [2.24, 2.45) is 0 Å². The number of sulfonamides is 1. The number of hydrogen-bond acceptors (Lipinski definition) is 8. The molecule has 0 unspecified atom stereocenters. The Morgan fingerprint density at radius 1 is 1.32 bits per heavy atom. The van der Waals surface area contributed by atoms with Gasteiger partial charge in [-0.1, -0.05) is 5.16 Å². The topological polar surface area (TPSA) is 103 Å². The van der Waals surface area contributed by atoms with E-state index in [4.69, 9.17) is 13.7 Å². The first-order chi connectivity index (χ1) is 13.4. The number of rotatable bonds is 9. The lowest BCUT2D eigenvalue weighted by molar-refractivity contribution is 0.0514. The summed E-state index contributed by atoms with van der Waals surface area (Å²) in [5.74, 6) is 0.556. The van der Waals surface area contributed by atoms with E-state index in [-0.39, 0.29) is 16.5 Å². The van der Waals surface area contributed by atoms with Gasteiger partial charge in [0.25, 0.3) is 10.0 Å². The third kappa shape index (κ3) is 4.51. The summed E-state index contributed by atoms with van der Waals surface area (Å²) in [6.45, 7) is 2.29. The zero-order valence-corrected chi connectivity index (χ0v) is 17.1. The summed E-state index contributed by atoms with van der Waals surface area (Å²) in [6, 6.07) is 8.25. The minimum atomic E-state index is -3.62. The molecule has 0 aromatic carbocycles. The van der Waals surface area contributed by atoms with Gasteiger partial charge in [-0.05, 0) is 37.6 Å². The Balaban J connectivity index is 1.67. The Hall–Kier alpha value is -2.43. The Morgan fingerprint density at radius 3 is 2.86 bits per heavy atom. The average Bonchev–Trinajstić information content (AvgIpc) is 3.41. The molecule has 3 aromatic heterocycles. The fourth-order valence-corrected chi connectivity index (χ4v) is 5.16. The van der Waals surface area contributed by atoms with Gasteiger partial charge in [0.05, 0.1) is 17.7 Å². The van der Waals surface area contributed by atoms with Gasteiger partial charge in [0.1, 0.15) is 9.97 Å². The van der Waals surface area contributed by atoms with Crippen molar-refractivity contribution >= 4 is 27.3 Å². The summed E-state index contributed by atoms with van der Waals surface area (Å²) in [7, 11) is -2.07. The van der Waals surface area contributed by atoms with E-state index >= 15 is 0 Å². The van der Waals surface area contributed by atoms with Gasteiger partial charge >= 0.3 is 5.97 Å². The number of carbonyl (C=O) groups excluding carboxylic acids is 1. The van der Waals surface area contributed by atoms with Crippen LogP contribution in [0.25, 0.3) is 10.6 Å². The summed E-state index contributed by atoms with van der Waals surface area (Å²) in [5, 5.41) is 3.67. The van der Waals surface area contributed by atoms with Crippen molar-refractivity contribution < 1.29 is 26.9 Å². The Kier molecular flexibility index (Phi) is 6.32. The molecular weight excluding hydrogens is 404 g/mol. The Morgan fingerprint density at radius 2 is 2.14 bits per heavy atom. The third-order valence-electron chi connectivity index (χ3n) is 3.96. The SMILES string of the molecule is CCOC(=O)c1cc(-c2ccc(S(=O)(=O)N(C)CCCc3ccco3)s2)on1. The van der Waals surface area contributed by atoms with Crippen molar-refractivity contribution in [1.82, 2.24) is 9.46 Å². The summed E-state index contributed by atoms with van der Waals surface area (Å²) in [5.41, 5.74) is 0.0460. The van der Waals surface area contributed by atoms with Crippen molar-refractivity contribution in [2.45, 2.75) is 24.0 Å². The molecule has 3 rings (SSSR count). The van der Waals surface area contributed by atoms with Gasteiger partial charge in [-0.25, -0.2) is 17.5 Å². The molecule has 0 aliphatic heterocycles. The first kappa shape index (κ1) is 20.3. The first-order valence-corrected chi connectivity index (χ1v) is 10.9. The molecule has 0 aliphatic rings. The van der Waals surface area contributed by atoms with E-state index in [0.29, 0.717) is 30.0 Å². The number of aryl methyl sites for hydroxylation is 1. The lowest BCUT2D eigenvalue weighted by atomic mass is 10.2. The number of ether oxygens (including phenoxy) is 1. The number of furan rings is 1. The second-order valence-corrected chi connectivity index (χ2v) is 9.28. The highest BCUT2D eigenvalue weighted by atomic mass is 32.2. The van der Waals surface area contributed by atoms with E-state index in [1.807, 2.05) is 6.07 Å². The third-order valence-corrected chi connectivity index (χ3v) is 7.38. The minimum Gasteiger partial charge on any atom is -0.469 e. The summed E-state index contributed by atoms with van der Waals surface area (Å²) >= 11 is 1.06. The van der Waals surface area contributed by atoms with Gasteiger partial charge in [0.15, 0.2) is 11.5 Å². The van der Waals surface area contributed by atoms with Crippen molar-refractivity contribution in [1.29, 1.82) is 0 Å². The van der Waals surface area contributed by atoms with Gasteiger partial charge in [-0.2, -0.15) is 0 Å². The smallest absolute Gasteiger partial charge is 0.360 e. The second-order valence-electron chi connectivity index (χ2n) is 5.93. The van der Waals surface area contributed by atoms with Crippen LogP contribution >= 0.6 is 11.3 Å². The van der Waals surface area contributed by atoms with Crippen LogP contribution in [0.3, 0.4) is 0 Å². The van der Waals surface area contributed by atoms with Crippen LogP contribution in [-0.2, 0) is 21.2 Å². The summed E-state index contributed by atoms with van der Waals surface area (Å²) < 4.78 is 42.3. The van der Waals surface area contributed by atoms with Gasteiger partial charge < -0.3 is 13.7 Å². The van der Waals surface area contributed by atoms with Crippen LogP contribution in [0.1, 0.15) is 29.6 Å². The number of nitrogens with zero attached hydrogens (tertiary/aromatic N) is 2. The highest BCUT2D eigenvalue weighted by Gasteiger charge is 2.24. The highest BCUT2D eigenvalue weighted by molar-refractivity contribution is 7.91. The fraction of sp³-hybridized carbons (Fsp3) is 0.333. The second kappa shape index (κ2) is 8.72. The van der Waals surface area contributed by atoms with Gasteiger partial charge in [0.2, 0.25) is 0 Å². The zero-order chi connectivity index (χ0) is 20.1. The molecule has 0 aliphatic carbocycles. The van der Waals surface area contributed by atoms with Crippen LogP contribution in [0.5, 0.6) is 0 Å². The number of carbonyl (C=O) groups is 1. The maximum Gasteiger partial charge on any atom is 0.360 e. The Labute approximate surface area is 166 Å². The molecule has 3 heterocycles. The molecule has 28 heavy (non-hydrogen) atoms. The van der Waals surface area contributed by atoms with Crippen molar-refractivity contribution in [3.05, 3.63) is 48.0 Å². The Bertz CT molecular complexity index is 1020. The molecule has 3 aromatic rings. The standard InChI is InChI=1S/C18H20N2O6S2/c1-3-24-18(21)14-12-15(26-19-14)16-8-9-17(27-16)28(22,23)20(2)10-4-6-13-7-5-11-25-13/h5,7-9,11-12H,3-4,6,10H2,1-2H3. The molecule has 0 saturated carbocycles. The fourth-order valence-electron chi connectivity index (χ4n) is 2.49. The van der Waals surface area contributed by atoms with Crippen LogP contribution in [0, 0.1) is 0 Å². The maximum atomic E-state index is 12.8. The van der Waals surface area contributed by atoms with Gasteiger partial charge in [0, 0.05) is 26.1 Å². The molecule has 8 nitrogen and oxygen atoms in total. The first-order valence-electron chi connectivity index (χ1n) is 8.64. The van der Waals surface area contributed by atoms with E-state index < -0.39 is 16.0 Å². The number of hydrogen-bond donors (Lipinski definition) is 0. The summed E-state index contributed by atoms with van der Waals surface area (Å²) in [6.07, 6.45) is 2.91. The van der Waals surface area contributed by atoms with E-state index in [0.717, 1.165) is 17.1 Å². The van der Waals surface area contributed by atoms with Gasteiger partial charge in [-0.3, -0.25) is 0 Å². The van der Waals surface area contributed by atoms with E-state index in [1.165, 1.54) is 16.4 Å². The normalized spacial score (nSPS) is 11.8. The molecule has 150 valence electrons. The number of thiophene rings is 1. The quantitative estimate of drug-likeness (QED) is 0.485. The molecule has 0 bridgehead atoms. The van der Waals surface area contributed by atoms with E-state index in [9.17, 15) is 13.2 Å². The average molecular weight is 425 g/mol. The largest absolute Gasteiger partial charge is 0.469 e. The molecule has 0 spiro atoms. The van der Waals surface area contributed by atoms with E-state index in [1.54, 1.807) is 32.4 Å². The lowest BCUT2D eigenvalue weighted by Gasteiger charge is -2.15. The van der Waals surface area contributed by atoms with Crippen LogP contribution in [0.4, 0.5) is 0 Å². The maximum absolute atomic E-state index is 12.8. The van der Waals surface area contributed by atoms with Gasteiger partial charge in [-0.15, -0.1) is 11.3 Å². The molecule has 0 amide bonds. The highest BCUT2D eigenvalue weighted by Crippen LogP contribution is 2.32. The molecule has 0 atom stereocenters. The van der Waals surface area contributed by atoms with E-state index in [2.05, 4.69) is 5.16 Å². The van der Waals surface area contributed by atoms with Crippen LogP contribution in [-0.4, -0.2) is 44.0 Å². The molecule has 0 saturated heterocycles. The van der Waals surface area contributed by atoms with Crippen LogP contribution < -0.4 is 0 Å². The number of aromatic nitrogens is 1. The van der Waals surface area contributed by atoms with Crippen LogP contribution in [0.15, 0.2) is 49.7 Å². The van der Waals surface area contributed by atoms with Crippen molar-refractivity contribution in [2.75, 3.05) is 20.2 Å². The lowest BCUT2D eigenvalue weighted by Crippen LogP contribution is -2.27. The summed E-state index contributed by atoms with van der Waals surface area (Å²) in [4.78, 5) is 12.2. The minimum absolute atomic E-state index is 0.0460. The molecule has 0 fully saturated rings. The van der Waals surface area contributed by atoms with Crippen LogP contribution in [0.2, 0.25) is 0 Å². The zero-order valence-electron chi connectivity index (χ0n) is 15.5. The predicted octanol–water partition coefficient (Wildman–Crippen LogP) is 3.43. The number of esters is 1. The molecule has 10 heteroatoms. The monoisotopic (exact) mass is 424 g/mol.